The molecule has 4 rings (SSSR count). The van der Waals surface area contributed by atoms with Crippen LogP contribution in [0.15, 0.2) is 24.3 Å². The highest BCUT2D eigenvalue weighted by atomic mass is 19.1. The Bertz CT molecular complexity index is 754. The minimum atomic E-state index is -0.254. The summed E-state index contributed by atoms with van der Waals surface area (Å²) in [5.74, 6) is 2.85. The monoisotopic (exact) mass is 375 g/mol. The third kappa shape index (κ3) is 4.12. The van der Waals surface area contributed by atoms with Gasteiger partial charge in [0.25, 0.3) is 0 Å². The standard InChI is InChI=1S/C19H26FN5O2/c1-26-7-6-25-18(22-23-19(25)13-8-15(21)9-13)12-24-10-17(11-24)27-16-4-2-14(20)3-5-16/h2-5,13,15,17H,6-12,21H2,1H3. The van der Waals surface area contributed by atoms with E-state index < -0.39 is 0 Å². The van der Waals surface area contributed by atoms with E-state index in [9.17, 15) is 4.39 Å². The van der Waals surface area contributed by atoms with Crippen LogP contribution in [0.25, 0.3) is 0 Å². The van der Waals surface area contributed by atoms with Gasteiger partial charge in [-0.05, 0) is 37.1 Å². The zero-order valence-corrected chi connectivity index (χ0v) is 15.6. The topological polar surface area (TPSA) is 78.4 Å². The molecule has 2 aliphatic rings. The Morgan fingerprint density at radius 1 is 1.19 bits per heavy atom. The molecule has 1 saturated heterocycles. The van der Waals surface area contributed by atoms with Crippen LogP contribution in [0.2, 0.25) is 0 Å². The van der Waals surface area contributed by atoms with Crippen molar-refractivity contribution in [2.24, 2.45) is 5.73 Å². The van der Waals surface area contributed by atoms with Crippen LogP contribution in [0.4, 0.5) is 4.39 Å². The van der Waals surface area contributed by atoms with Crippen molar-refractivity contribution in [3.8, 4) is 5.75 Å². The summed E-state index contributed by atoms with van der Waals surface area (Å²) in [7, 11) is 1.70. The average molecular weight is 375 g/mol. The van der Waals surface area contributed by atoms with Crippen molar-refractivity contribution >= 4 is 0 Å². The number of halogens is 1. The molecule has 1 saturated carbocycles. The molecule has 0 spiro atoms. The van der Waals surface area contributed by atoms with Crippen molar-refractivity contribution in [2.75, 3.05) is 26.8 Å². The Labute approximate surface area is 158 Å². The first-order valence-corrected chi connectivity index (χ1v) is 9.43. The third-order valence-electron chi connectivity index (χ3n) is 5.32. The molecule has 1 aliphatic heterocycles. The molecule has 146 valence electrons. The van der Waals surface area contributed by atoms with Crippen molar-refractivity contribution in [3.63, 3.8) is 0 Å². The zero-order chi connectivity index (χ0) is 18.8. The van der Waals surface area contributed by atoms with Crippen molar-refractivity contribution in [2.45, 2.75) is 44.0 Å². The fraction of sp³-hybridized carbons (Fsp3) is 0.579. The number of likely N-dealkylation sites (tertiary alicyclic amines) is 1. The molecular formula is C19H26FN5O2. The van der Waals surface area contributed by atoms with Gasteiger partial charge in [-0.2, -0.15) is 0 Å². The van der Waals surface area contributed by atoms with E-state index in [1.807, 2.05) is 0 Å². The maximum absolute atomic E-state index is 13.0. The number of hydrogen-bond acceptors (Lipinski definition) is 6. The lowest BCUT2D eigenvalue weighted by Gasteiger charge is -2.38. The summed E-state index contributed by atoms with van der Waals surface area (Å²) in [6.07, 6.45) is 2.07. The van der Waals surface area contributed by atoms with Gasteiger partial charge in [0.1, 0.15) is 29.3 Å². The second-order valence-electron chi connectivity index (χ2n) is 7.44. The molecule has 0 amide bonds. The van der Waals surface area contributed by atoms with Gasteiger partial charge in [-0.1, -0.05) is 0 Å². The molecule has 2 fully saturated rings. The number of benzene rings is 1. The van der Waals surface area contributed by atoms with Gasteiger partial charge in [0, 0.05) is 38.7 Å². The van der Waals surface area contributed by atoms with Gasteiger partial charge in [0.15, 0.2) is 0 Å². The van der Waals surface area contributed by atoms with Crippen LogP contribution >= 0.6 is 0 Å². The van der Waals surface area contributed by atoms with Gasteiger partial charge in [-0.25, -0.2) is 4.39 Å². The van der Waals surface area contributed by atoms with E-state index in [-0.39, 0.29) is 18.0 Å². The minimum Gasteiger partial charge on any atom is -0.488 e. The molecule has 2 heterocycles. The number of nitrogens with zero attached hydrogens (tertiary/aromatic N) is 4. The van der Waals surface area contributed by atoms with Crippen LogP contribution in [-0.2, 0) is 17.8 Å². The van der Waals surface area contributed by atoms with E-state index in [1.165, 1.54) is 12.1 Å². The predicted molar refractivity (Wildman–Crippen MR) is 97.9 cm³/mol. The molecule has 1 aromatic heterocycles. The number of methoxy groups -OCH3 is 1. The summed E-state index contributed by atoms with van der Waals surface area (Å²) in [6, 6.07) is 6.44. The summed E-state index contributed by atoms with van der Waals surface area (Å²) in [5.41, 5.74) is 5.94. The molecular weight excluding hydrogens is 349 g/mol. The fourth-order valence-corrected chi connectivity index (χ4v) is 3.70. The quantitative estimate of drug-likeness (QED) is 0.754. The Morgan fingerprint density at radius 3 is 2.59 bits per heavy atom. The van der Waals surface area contributed by atoms with Gasteiger partial charge in [-0.15, -0.1) is 10.2 Å². The molecule has 0 unspecified atom stereocenters. The SMILES string of the molecule is COCCn1c(CN2CC(Oc3ccc(F)cc3)C2)nnc1C1CC(N)C1. The van der Waals surface area contributed by atoms with Crippen LogP contribution in [0.5, 0.6) is 5.75 Å². The molecule has 2 N–H and O–H groups in total. The van der Waals surface area contributed by atoms with Crippen molar-refractivity contribution in [3.05, 3.63) is 41.7 Å². The summed E-state index contributed by atoms with van der Waals surface area (Å²) in [6.45, 7) is 3.76. The highest BCUT2D eigenvalue weighted by Gasteiger charge is 2.34. The average Bonchev–Trinajstić information content (AvgIpc) is 2.99. The number of ether oxygens (including phenoxy) is 2. The fourth-order valence-electron chi connectivity index (χ4n) is 3.70. The highest BCUT2D eigenvalue weighted by Crippen LogP contribution is 2.35. The van der Waals surface area contributed by atoms with E-state index in [2.05, 4.69) is 19.7 Å². The van der Waals surface area contributed by atoms with E-state index in [4.69, 9.17) is 15.2 Å². The Kier molecular flexibility index (Phi) is 5.38. The molecule has 0 radical (unpaired) electrons. The maximum Gasteiger partial charge on any atom is 0.147 e. The second kappa shape index (κ2) is 7.92. The summed E-state index contributed by atoms with van der Waals surface area (Å²) in [4.78, 5) is 2.28. The molecule has 1 aliphatic carbocycles. The van der Waals surface area contributed by atoms with Crippen molar-refractivity contribution in [1.29, 1.82) is 0 Å². The van der Waals surface area contributed by atoms with Gasteiger partial charge >= 0.3 is 0 Å². The van der Waals surface area contributed by atoms with Crippen LogP contribution in [0.1, 0.15) is 30.4 Å². The summed E-state index contributed by atoms with van der Waals surface area (Å²) >= 11 is 0. The third-order valence-corrected chi connectivity index (χ3v) is 5.32. The molecule has 0 bridgehead atoms. The second-order valence-corrected chi connectivity index (χ2v) is 7.44. The maximum atomic E-state index is 13.0. The van der Waals surface area contributed by atoms with Gasteiger partial charge in [0.2, 0.25) is 0 Å². The molecule has 7 nitrogen and oxygen atoms in total. The van der Waals surface area contributed by atoms with Crippen LogP contribution in [-0.4, -0.2) is 58.6 Å². The lowest BCUT2D eigenvalue weighted by molar-refractivity contribution is 0.0120. The highest BCUT2D eigenvalue weighted by molar-refractivity contribution is 5.22. The van der Waals surface area contributed by atoms with E-state index in [0.717, 1.165) is 50.7 Å². The van der Waals surface area contributed by atoms with E-state index in [0.29, 0.717) is 18.3 Å². The van der Waals surface area contributed by atoms with Gasteiger partial charge in [-0.3, -0.25) is 4.90 Å². The molecule has 1 aromatic carbocycles. The Balaban J connectivity index is 1.33. The predicted octanol–water partition coefficient (Wildman–Crippen LogP) is 1.53. The van der Waals surface area contributed by atoms with Crippen molar-refractivity contribution < 1.29 is 13.9 Å². The van der Waals surface area contributed by atoms with Crippen LogP contribution < -0.4 is 10.5 Å². The first-order chi connectivity index (χ1) is 13.1. The molecule has 27 heavy (non-hydrogen) atoms. The smallest absolute Gasteiger partial charge is 0.147 e. The first-order valence-electron chi connectivity index (χ1n) is 9.43. The molecule has 2 aromatic rings. The van der Waals surface area contributed by atoms with E-state index >= 15 is 0 Å². The number of hydrogen-bond donors (Lipinski definition) is 1. The van der Waals surface area contributed by atoms with Gasteiger partial charge in [0.05, 0.1) is 13.2 Å². The number of rotatable bonds is 8. The zero-order valence-electron chi connectivity index (χ0n) is 15.6. The minimum absolute atomic E-state index is 0.120. The largest absolute Gasteiger partial charge is 0.488 e. The summed E-state index contributed by atoms with van der Waals surface area (Å²) < 4.78 is 26.3. The van der Waals surface area contributed by atoms with E-state index in [1.54, 1.807) is 19.2 Å². The van der Waals surface area contributed by atoms with Crippen LogP contribution in [0.3, 0.4) is 0 Å². The van der Waals surface area contributed by atoms with Crippen LogP contribution in [0, 0.1) is 5.82 Å². The lowest BCUT2D eigenvalue weighted by Crippen LogP contribution is -2.53. The van der Waals surface area contributed by atoms with Crippen molar-refractivity contribution in [1.82, 2.24) is 19.7 Å². The number of aromatic nitrogens is 3. The first kappa shape index (κ1) is 18.3. The molecule has 0 atom stereocenters. The molecule has 8 heteroatoms. The summed E-state index contributed by atoms with van der Waals surface area (Å²) in [5, 5.41) is 8.87. The number of nitrogens with two attached hydrogens (primary N) is 1. The van der Waals surface area contributed by atoms with Gasteiger partial charge < -0.3 is 19.8 Å². The lowest BCUT2D eigenvalue weighted by atomic mass is 9.80. The normalized spacial score (nSPS) is 23.1. The Hall–Kier alpha value is -2.03. The Morgan fingerprint density at radius 2 is 1.93 bits per heavy atom.